The van der Waals surface area contributed by atoms with Crippen LogP contribution >= 0.6 is 22.6 Å². The molecule has 0 aromatic heterocycles. The maximum atomic E-state index is 10.8. The molecule has 0 saturated carbocycles. The second-order valence-corrected chi connectivity index (χ2v) is 4.10. The molecule has 13 heavy (non-hydrogen) atoms. The molecule has 2 nitrogen and oxygen atoms in total. The second-order valence-electron chi connectivity index (χ2n) is 2.86. The zero-order valence-electron chi connectivity index (χ0n) is 7.38. The highest BCUT2D eigenvalue weighted by Gasteiger charge is 2.08. The number of hydrogen-bond acceptors (Lipinski definition) is 1. The van der Waals surface area contributed by atoms with E-state index in [2.05, 4.69) is 22.6 Å². The van der Waals surface area contributed by atoms with Gasteiger partial charge in [0.25, 0.3) is 0 Å². The number of carbonyl (C=O) groups is 1. The van der Waals surface area contributed by atoms with Crippen LogP contribution in [0.2, 0.25) is 0 Å². The third-order valence-corrected chi connectivity index (χ3v) is 2.49. The fourth-order valence-electron chi connectivity index (χ4n) is 1.24. The molecule has 1 rings (SSSR count). The lowest BCUT2D eigenvalue weighted by Gasteiger charge is -2.04. The SMILES string of the molecule is CCCc1ccc(I)cc1C(=O)O. The Bertz CT molecular complexity index is 321. The summed E-state index contributed by atoms with van der Waals surface area (Å²) in [6.07, 6.45) is 1.80. The molecule has 0 amide bonds. The third-order valence-electron chi connectivity index (χ3n) is 1.82. The first-order chi connectivity index (χ1) is 6.15. The van der Waals surface area contributed by atoms with Gasteiger partial charge in [-0.15, -0.1) is 0 Å². The summed E-state index contributed by atoms with van der Waals surface area (Å²) in [5.74, 6) is -0.832. The van der Waals surface area contributed by atoms with Crippen molar-refractivity contribution in [3.8, 4) is 0 Å². The molecule has 0 heterocycles. The largest absolute Gasteiger partial charge is 0.478 e. The van der Waals surface area contributed by atoms with Crippen LogP contribution in [-0.4, -0.2) is 11.1 Å². The molecule has 0 atom stereocenters. The Labute approximate surface area is 91.1 Å². The molecule has 0 spiro atoms. The monoisotopic (exact) mass is 290 g/mol. The van der Waals surface area contributed by atoms with Crippen LogP contribution in [0.25, 0.3) is 0 Å². The fraction of sp³-hybridized carbons (Fsp3) is 0.300. The predicted molar refractivity (Wildman–Crippen MR) is 60.1 cm³/mol. The first-order valence-electron chi connectivity index (χ1n) is 4.17. The number of carboxylic acids is 1. The molecular formula is C10H11IO2. The van der Waals surface area contributed by atoms with Gasteiger partial charge in [-0.1, -0.05) is 19.4 Å². The van der Waals surface area contributed by atoms with Gasteiger partial charge in [0.15, 0.2) is 0 Å². The molecule has 0 aliphatic carbocycles. The number of aryl methyl sites for hydroxylation is 1. The van der Waals surface area contributed by atoms with Crippen LogP contribution in [-0.2, 0) is 6.42 Å². The van der Waals surface area contributed by atoms with Gasteiger partial charge in [-0.25, -0.2) is 4.79 Å². The van der Waals surface area contributed by atoms with E-state index >= 15 is 0 Å². The molecule has 0 aliphatic rings. The quantitative estimate of drug-likeness (QED) is 0.869. The number of benzene rings is 1. The minimum absolute atomic E-state index is 0.439. The molecule has 0 radical (unpaired) electrons. The van der Waals surface area contributed by atoms with Crippen molar-refractivity contribution in [2.75, 3.05) is 0 Å². The Balaban J connectivity index is 3.10. The first kappa shape index (κ1) is 10.5. The van der Waals surface area contributed by atoms with Crippen LogP contribution in [0.1, 0.15) is 29.3 Å². The number of aromatic carboxylic acids is 1. The normalized spacial score (nSPS) is 10.0. The Morgan fingerprint density at radius 3 is 2.77 bits per heavy atom. The van der Waals surface area contributed by atoms with E-state index in [0.717, 1.165) is 22.0 Å². The molecule has 70 valence electrons. The van der Waals surface area contributed by atoms with Gasteiger partial charge in [0.05, 0.1) is 5.56 Å². The van der Waals surface area contributed by atoms with E-state index < -0.39 is 5.97 Å². The van der Waals surface area contributed by atoms with Gasteiger partial charge in [-0.3, -0.25) is 0 Å². The molecular weight excluding hydrogens is 279 g/mol. The summed E-state index contributed by atoms with van der Waals surface area (Å²) >= 11 is 2.12. The number of halogens is 1. The highest BCUT2D eigenvalue weighted by Crippen LogP contribution is 2.15. The van der Waals surface area contributed by atoms with E-state index in [1.165, 1.54) is 0 Å². The van der Waals surface area contributed by atoms with Gasteiger partial charge < -0.3 is 5.11 Å². The lowest BCUT2D eigenvalue weighted by atomic mass is 10.0. The van der Waals surface area contributed by atoms with Crippen molar-refractivity contribution in [2.45, 2.75) is 19.8 Å². The molecule has 1 aromatic carbocycles. The molecule has 0 bridgehead atoms. The summed E-state index contributed by atoms with van der Waals surface area (Å²) in [4.78, 5) is 10.8. The zero-order valence-corrected chi connectivity index (χ0v) is 9.54. The van der Waals surface area contributed by atoms with Crippen LogP contribution in [0.15, 0.2) is 18.2 Å². The predicted octanol–water partition coefficient (Wildman–Crippen LogP) is 2.94. The molecule has 0 saturated heterocycles. The van der Waals surface area contributed by atoms with Gasteiger partial charge in [-0.2, -0.15) is 0 Å². The van der Waals surface area contributed by atoms with Gasteiger partial charge in [-0.05, 0) is 46.7 Å². The van der Waals surface area contributed by atoms with Gasteiger partial charge in [0, 0.05) is 3.57 Å². The molecule has 1 aromatic rings. The highest BCUT2D eigenvalue weighted by molar-refractivity contribution is 14.1. The van der Waals surface area contributed by atoms with Crippen molar-refractivity contribution >= 4 is 28.6 Å². The van der Waals surface area contributed by atoms with E-state index in [9.17, 15) is 4.79 Å². The minimum atomic E-state index is -0.832. The van der Waals surface area contributed by atoms with Gasteiger partial charge in [0.2, 0.25) is 0 Å². The highest BCUT2D eigenvalue weighted by atomic mass is 127. The molecule has 3 heteroatoms. The van der Waals surface area contributed by atoms with Crippen LogP contribution in [0.4, 0.5) is 0 Å². The van der Waals surface area contributed by atoms with Gasteiger partial charge >= 0.3 is 5.97 Å². The Morgan fingerprint density at radius 1 is 1.54 bits per heavy atom. The van der Waals surface area contributed by atoms with Crippen molar-refractivity contribution in [1.82, 2.24) is 0 Å². The van der Waals surface area contributed by atoms with Crippen molar-refractivity contribution in [1.29, 1.82) is 0 Å². The summed E-state index contributed by atoms with van der Waals surface area (Å²) in [7, 11) is 0. The summed E-state index contributed by atoms with van der Waals surface area (Å²) in [6.45, 7) is 2.05. The van der Waals surface area contributed by atoms with Crippen molar-refractivity contribution in [3.05, 3.63) is 32.9 Å². The number of rotatable bonds is 3. The third kappa shape index (κ3) is 2.69. The van der Waals surface area contributed by atoms with Crippen LogP contribution in [0.3, 0.4) is 0 Å². The van der Waals surface area contributed by atoms with E-state index in [-0.39, 0.29) is 0 Å². The molecule has 0 unspecified atom stereocenters. The van der Waals surface area contributed by atoms with Crippen LogP contribution in [0.5, 0.6) is 0 Å². The average molecular weight is 290 g/mol. The maximum absolute atomic E-state index is 10.8. The molecule has 1 N–H and O–H groups in total. The smallest absolute Gasteiger partial charge is 0.335 e. The van der Waals surface area contributed by atoms with Crippen molar-refractivity contribution < 1.29 is 9.90 Å². The zero-order chi connectivity index (χ0) is 9.84. The lowest BCUT2D eigenvalue weighted by molar-refractivity contribution is 0.0695. The second kappa shape index (κ2) is 4.60. The number of carboxylic acid groups (broad SMARTS) is 1. The first-order valence-corrected chi connectivity index (χ1v) is 5.24. The number of hydrogen-bond donors (Lipinski definition) is 1. The Hall–Kier alpha value is -0.580. The van der Waals surface area contributed by atoms with Crippen molar-refractivity contribution in [2.24, 2.45) is 0 Å². The van der Waals surface area contributed by atoms with E-state index in [1.807, 2.05) is 19.1 Å². The molecule has 0 fully saturated rings. The van der Waals surface area contributed by atoms with Crippen LogP contribution < -0.4 is 0 Å². The Kier molecular flexibility index (Phi) is 3.71. The summed E-state index contributed by atoms with van der Waals surface area (Å²) in [5, 5.41) is 8.91. The molecule has 0 aliphatic heterocycles. The minimum Gasteiger partial charge on any atom is -0.478 e. The topological polar surface area (TPSA) is 37.3 Å². The summed E-state index contributed by atoms with van der Waals surface area (Å²) in [5.41, 5.74) is 1.36. The summed E-state index contributed by atoms with van der Waals surface area (Å²) in [6, 6.07) is 5.56. The van der Waals surface area contributed by atoms with Gasteiger partial charge in [0.1, 0.15) is 0 Å². The lowest BCUT2D eigenvalue weighted by Crippen LogP contribution is -2.02. The van der Waals surface area contributed by atoms with Crippen molar-refractivity contribution in [3.63, 3.8) is 0 Å². The van der Waals surface area contributed by atoms with Crippen LogP contribution in [0, 0.1) is 3.57 Å². The van der Waals surface area contributed by atoms with E-state index in [1.54, 1.807) is 6.07 Å². The van der Waals surface area contributed by atoms with E-state index in [0.29, 0.717) is 5.56 Å². The summed E-state index contributed by atoms with van der Waals surface area (Å²) < 4.78 is 0.967. The standard InChI is InChI=1S/C10H11IO2/c1-2-3-7-4-5-8(11)6-9(7)10(12)13/h4-6H,2-3H2,1H3,(H,12,13). The average Bonchev–Trinajstić information content (AvgIpc) is 2.08. The van der Waals surface area contributed by atoms with E-state index in [4.69, 9.17) is 5.11 Å². The fourth-order valence-corrected chi connectivity index (χ4v) is 1.73. The Morgan fingerprint density at radius 2 is 2.23 bits per heavy atom. The maximum Gasteiger partial charge on any atom is 0.335 e.